The maximum absolute atomic E-state index is 11.9. The Morgan fingerprint density at radius 3 is 2.54 bits per heavy atom. The topological polar surface area (TPSA) is 92.7 Å². The highest BCUT2D eigenvalue weighted by Crippen LogP contribution is 2.22. The number of Topliss-reactive ketones (excluding diaryl/α,β-unsaturated/α-hetero) is 1. The molecular weight excluding hydrogens is 334 g/mol. The molecule has 0 aliphatic carbocycles. The number of nitrogens with one attached hydrogen (secondary N) is 1. The highest BCUT2D eigenvalue weighted by atomic mass is 35.5. The first kappa shape index (κ1) is 17.5. The van der Waals surface area contributed by atoms with Crippen molar-refractivity contribution in [1.82, 2.24) is 0 Å². The third-order valence-electron chi connectivity index (χ3n) is 3.09. The zero-order valence-corrected chi connectivity index (χ0v) is 13.5. The molecule has 0 saturated heterocycles. The Morgan fingerprint density at radius 1 is 1.12 bits per heavy atom. The average molecular weight is 348 g/mol. The van der Waals surface area contributed by atoms with E-state index >= 15 is 0 Å². The fraction of sp³-hybridized carbons (Fsp3) is 0.118. The predicted octanol–water partition coefficient (Wildman–Crippen LogP) is 3.04. The van der Waals surface area contributed by atoms with E-state index in [0.29, 0.717) is 11.3 Å². The van der Waals surface area contributed by atoms with Crippen LogP contribution in [0, 0.1) is 0 Å². The smallest absolute Gasteiger partial charge is 0.342 e. The van der Waals surface area contributed by atoms with Gasteiger partial charge in [0.15, 0.2) is 12.4 Å². The number of esters is 1. The van der Waals surface area contributed by atoms with Crippen molar-refractivity contribution in [2.24, 2.45) is 0 Å². The maximum Gasteiger partial charge on any atom is 0.342 e. The second kappa shape index (κ2) is 7.61. The summed E-state index contributed by atoms with van der Waals surface area (Å²) in [7, 11) is 0. The molecule has 124 valence electrons. The predicted molar refractivity (Wildman–Crippen MR) is 88.5 cm³/mol. The molecule has 2 rings (SSSR count). The molecule has 2 aromatic rings. The zero-order valence-electron chi connectivity index (χ0n) is 12.7. The first-order valence-corrected chi connectivity index (χ1v) is 7.31. The van der Waals surface area contributed by atoms with Crippen molar-refractivity contribution in [1.29, 1.82) is 0 Å². The Morgan fingerprint density at radius 2 is 1.83 bits per heavy atom. The normalized spacial score (nSPS) is 10.1. The number of halogens is 1. The molecule has 1 amide bonds. The van der Waals surface area contributed by atoms with Gasteiger partial charge >= 0.3 is 5.97 Å². The highest BCUT2D eigenvalue weighted by molar-refractivity contribution is 6.31. The number of carbonyl (C=O) groups excluding carboxylic acids is 3. The number of para-hydroxylation sites is 1. The van der Waals surface area contributed by atoms with Crippen LogP contribution in [0.4, 0.5) is 5.69 Å². The summed E-state index contributed by atoms with van der Waals surface area (Å²) in [6.07, 6.45) is 0. The standard InChI is InChI=1S/C17H14ClNO5/c1-10(20)12-4-2-3-5-14(12)19-16(22)9-24-17(23)13-8-11(18)6-7-15(13)21/h2-8,21H,9H2,1H3,(H,19,22). The van der Waals surface area contributed by atoms with Gasteiger partial charge in [-0.3, -0.25) is 9.59 Å². The third kappa shape index (κ3) is 4.33. The van der Waals surface area contributed by atoms with Crippen LogP contribution >= 0.6 is 11.6 Å². The van der Waals surface area contributed by atoms with Crippen LogP contribution in [0.3, 0.4) is 0 Å². The molecule has 0 bridgehead atoms. The average Bonchev–Trinajstić information content (AvgIpc) is 2.55. The number of hydrogen-bond donors (Lipinski definition) is 2. The Hall–Kier alpha value is -2.86. The van der Waals surface area contributed by atoms with Crippen LogP contribution in [0.1, 0.15) is 27.6 Å². The minimum Gasteiger partial charge on any atom is -0.507 e. The lowest BCUT2D eigenvalue weighted by Gasteiger charge is -2.10. The summed E-state index contributed by atoms with van der Waals surface area (Å²) < 4.78 is 4.84. The fourth-order valence-corrected chi connectivity index (χ4v) is 2.14. The molecule has 0 aliphatic heterocycles. The molecule has 2 N–H and O–H groups in total. The van der Waals surface area contributed by atoms with Gasteiger partial charge in [-0.25, -0.2) is 4.79 Å². The Balaban J connectivity index is 2.00. The van der Waals surface area contributed by atoms with Crippen LogP contribution in [0.2, 0.25) is 5.02 Å². The number of anilines is 1. The molecule has 0 aromatic heterocycles. The van der Waals surface area contributed by atoms with Crippen molar-refractivity contribution in [3.63, 3.8) is 0 Å². The number of rotatable bonds is 5. The van der Waals surface area contributed by atoms with Gasteiger partial charge in [0.2, 0.25) is 0 Å². The molecule has 0 radical (unpaired) electrons. The molecule has 2 aromatic carbocycles. The van der Waals surface area contributed by atoms with E-state index in [2.05, 4.69) is 5.32 Å². The third-order valence-corrected chi connectivity index (χ3v) is 3.33. The summed E-state index contributed by atoms with van der Waals surface area (Å²) in [6, 6.07) is 10.4. The van der Waals surface area contributed by atoms with Gasteiger partial charge < -0.3 is 15.2 Å². The molecule has 0 aliphatic rings. The lowest BCUT2D eigenvalue weighted by molar-refractivity contribution is -0.119. The van der Waals surface area contributed by atoms with Crippen LogP contribution in [0.5, 0.6) is 5.75 Å². The van der Waals surface area contributed by atoms with Gasteiger partial charge in [-0.05, 0) is 37.3 Å². The SMILES string of the molecule is CC(=O)c1ccccc1NC(=O)COC(=O)c1cc(Cl)ccc1O. The van der Waals surface area contributed by atoms with E-state index in [1.54, 1.807) is 24.3 Å². The number of aromatic hydroxyl groups is 1. The van der Waals surface area contributed by atoms with Crippen molar-refractivity contribution in [3.8, 4) is 5.75 Å². The fourth-order valence-electron chi connectivity index (χ4n) is 1.97. The number of benzene rings is 2. The summed E-state index contributed by atoms with van der Waals surface area (Å²) in [4.78, 5) is 35.3. The van der Waals surface area contributed by atoms with Crippen LogP contribution in [0.25, 0.3) is 0 Å². The van der Waals surface area contributed by atoms with Crippen molar-refractivity contribution >= 4 is 34.9 Å². The number of ketones is 1. The molecule has 0 fully saturated rings. The minimum atomic E-state index is -0.884. The van der Waals surface area contributed by atoms with Gasteiger partial charge in [-0.2, -0.15) is 0 Å². The number of ether oxygens (including phenoxy) is 1. The molecule has 7 heteroatoms. The lowest BCUT2D eigenvalue weighted by Crippen LogP contribution is -2.22. The van der Waals surface area contributed by atoms with Crippen molar-refractivity contribution < 1.29 is 24.2 Å². The lowest BCUT2D eigenvalue weighted by atomic mass is 10.1. The quantitative estimate of drug-likeness (QED) is 0.640. The van der Waals surface area contributed by atoms with Gasteiger partial charge in [0.05, 0.1) is 5.69 Å². The molecule has 0 heterocycles. The number of phenolic OH excluding ortho intramolecular Hbond substituents is 1. The first-order chi connectivity index (χ1) is 11.4. The Bertz CT molecular complexity index is 803. The van der Waals surface area contributed by atoms with Crippen molar-refractivity contribution in [2.45, 2.75) is 6.92 Å². The van der Waals surface area contributed by atoms with E-state index < -0.39 is 18.5 Å². The zero-order chi connectivity index (χ0) is 17.7. The van der Waals surface area contributed by atoms with Crippen LogP contribution < -0.4 is 5.32 Å². The molecular formula is C17H14ClNO5. The minimum absolute atomic E-state index is 0.139. The first-order valence-electron chi connectivity index (χ1n) is 6.94. The number of phenols is 1. The van der Waals surface area contributed by atoms with E-state index in [4.69, 9.17) is 16.3 Å². The molecule has 6 nitrogen and oxygen atoms in total. The second-order valence-electron chi connectivity index (χ2n) is 4.89. The van der Waals surface area contributed by atoms with Crippen molar-refractivity contribution in [2.75, 3.05) is 11.9 Å². The van der Waals surface area contributed by atoms with Gasteiger partial charge in [-0.1, -0.05) is 23.7 Å². The number of carbonyl (C=O) groups is 3. The molecule has 0 atom stereocenters. The summed E-state index contributed by atoms with van der Waals surface area (Å²) in [5.74, 6) is -2.00. The highest BCUT2D eigenvalue weighted by Gasteiger charge is 2.16. The van der Waals surface area contributed by atoms with E-state index in [9.17, 15) is 19.5 Å². The maximum atomic E-state index is 11.9. The largest absolute Gasteiger partial charge is 0.507 e. The van der Waals surface area contributed by atoms with Gasteiger partial charge in [-0.15, -0.1) is 0 Å². The van der Waals surface area contributed by atoms with Gasteiger partial charge in [0.1, 0.15) is 11.3 Å². The van der Waals surface area contributed by atoms with Crippen LogP contribution in [-0.4, -0.2) is 29.4 Å². The summed E-state index contributed by atoms with van der Waals surface area (Å²) >= 11 is 5.75. The Labute approximate surface area is 143 Å². The summed E-state index contributed by atoms with van der Waals surface area (Å²) in [6.45, 7) is 0.809. The van der Waals surface area contributed by atoms with E-state index in [-0.39, 0.29) is 22.1 Å². The Kier molecular flexibility index (Phi) is 5.55. The van der Waals surface area contributed by atoms with Crippen LogP contribution in [-0.2, 0) is 9.53 Å². The molecule has 0 unspecified atom stereocenters. The van der Waals surface area contributed by atoms with Crippen molar-refractivity contribution in [3.05, 3.63) is 58.6 Å². The van der Waals surface area contributed by atoms with Crippen LogP contribution in [0.15, 0.2) is 42.5 Å². The summed E-state index contributed by atoms with van der Waals surface area (Å²) in [5, 5.41) is 12.4. The number of amides is 1. The molecule has 0 spiro atoms. The number of hydrogen-bond acceptors (Lipinski definition) is 5. The van der Waals surface area contributed by atoms with E-state index in [0.717, 1.165) is 0 Å². The van der Waals surface area contributed by atoms with E-state index in [1.165, 1.54) is 25.1 Å². The monoisotopic (exact) mass is 347 g/mol. The van der Waals surface area contributed by atoms with E-state index in [1.807, 2.05) is 0 Å². The van der Waals surface area contributed by atoms with Gasteiger partial charge in [0.25, 0.3) is 5.91 Å². The molecule has 0 saturated carbocycles. The second-order valence-corrected chi connectivity index (χ2v) is 5.32. The molecule has 24 heavy (non-hydrogen) atoms. The summed E-state index contributed by atoms with van der Waals surface area (Å²) in [5.41, 5.74) is 0.542. The van der Waals surface area contributed by atoms with Gasteiger partial charge in [0, 0.05) is 10.6 Å².